The summed E-state index contributed by atoms with van der Waals surface area (Å²) in [6.45, 7) is 3.16. The molecule has 3 unspecified atom stereocenters. The number of allylic oxidation sites excluding steroid dienone is 3. The van der Waals surface area contributed by atoms with Gasteiger partial charge in [0.05, 0.1) is 10.8 Å². The molecule has 26 heavy (non-hydrogen) atoms. The van der Waals surface area contributed by atoms with E-state index in [9.17, 15) is 39.2 Å². The number of rotatable bonds is 2. The SMILES string of the molecule is CC1(C)OC2=CC=C(C(F)(F)C(F)(F)C(F)(F)F)C(=S(=O)=O)C2C2OC21. The molecular formula is C14H11F7O4S. The Hall–Kier alpha value is -1.56. The zero-order valence-corrected chi connectivity index (χ0v) is 13.9. The van der Waals surface area contributed by atoms with Crippen LogP contribution in [0.25, 0.3) is 0 Å². The highest BCUT2D eigenvalue weighted by atomic mass is 32.2. The van der Waals surface area contributed by atoms with E-state index in [0.717, 1.165) is 6.08 Å². The molecule has 4 nitrogen and oxygen atoms in total. The van der Waals surface area contributed by atoms with Crippen LogP contribution in [-0.2, 0) is 19.8 Å². The maximum absolute atomic E-state index is 14.1. The highest BCUT2D eigenvalue weighted by Gasteiger charge is 2.75. The van der Waals surface area contributed by atoms with E-state index in [1.807, 2.05) is 0 Å². The highest BCUT2D eigenvalue weighted by molar-refractivity contribution is 7.73. The van der Waals surface area contributed by atoms with Gasteiger partial charge in [0.15, 0.2) is 0 Å². The van der Waals surface area contributed by atoms with Crippen molar-refractivity contribution in [3.05, 3.63) is 23.5 Å². The second kappa shape index (κ2) is 5.24. The third-order valence-corrected chi connectivity index (χ3v) is 5.29. The van der Waals surface area contributed by atoms with E-state index < -0.39 is 62.5 Å². The van der Waals surface area contributed by atoms with Crippen LogP contribution in [0.3, 0.4) is 0 Å². The van der Waals surface area contributed by atoms with Crippen molar-refractivity contribution in [1.29, 1.82) is 0 Å². The molecule has 0 radical (unpaired) electrons. The van der Waals surface area contributed by atoms with Crippen LogP contribution in [0.5, 0.6) is 0 Å². The van der Waals surface area contributed by atoms with E-state index in [4.69, 9.17) is 9.47 Å². The number of alkyl halides is 7. The molecule has 3 atom stereocenters. The summed E-state index contributed by atoms with van der Waals surface area (Å²) in [5, 5.41) is 0. The Labute approximate surface area is 143 Å². The van der Waals surface area contributed by atoms with Crippen molar-refractivity contribution in [3.8, 4) is 0 Å². The first kappa shape index (κ1) is 19.2. The molecule has 2 aliphatic heterocycles. The van der Waals surface area contributed by atoms with Gasteiger partial charge in [-0.05, 0) is 26.0 Å². The summed E-state index contributed by atoms with van der Waals surface area (Å²) in [7, 11) is -3.51. The van der Waals surface area contributed by atoms with Gasteiger partial charge in [-0.1, -0.05) is 0 Å². The van der Waals surface area contributed by atoms with Gasteiger partial charge in [-0.15, -0.1) is 0 Å². The Balaban J connectivity index is 2.16. The Bertz CT molecular complexity index is 843. The molecule has 2 saturated heterocycles. The predicted molar refractivity (Wildman–Crippen MR) is 73.4 cm³/mol. The molecule has 0 aromatic heterocycles. The number of hydrogen-bond donors (Lipinski definition) is 0. The fourth-order valence-corrected chi connectivity index (χ4v) is 3.99. The Morgan fingerprint density at radius 1 is 1.04 bits per heavy atom. The van der Waals surface area contributed by atoms with Crippen molar-refractivity contribution in [3.63, 3.8) is 0 Å². The van der Waals surface area contributed by atoms with Gasteiger partial charge < -0.3 is 9.47 Å². The van der Waals surface area contributed by atoms with Crippen LogP contribution in [-0.4, -0.2) is 49.1 Å². The van der Waals surface area contributed by atoms with Crippen LogP contribution in [0.4, 0.5) is 30.7 Å². The average molecular weight is 408 g/mol. The molecule has 0 N–H and O–H groups in total. The maximum atomic E-state index is 14.1. The number of halogens is 7. The average Bonchev–Trinajstić information content (AvgIpc) is 3.25. The number of epoxide rings is 1. The Kier molecular flexibility index (Phi) is 3.87. The molecule has 146 valence electrons. The molecule has 0 spiro atoms. The largest absolute Gasteiger partial charge is 0.489 e. The molecule has 3 aliphatic rings. The topological polar surface area (TPSA) is 55.9 Å². The van der Waals surface area contributed by atoms with E-state index in [2.05, 4.69) is 0 Å². The van der Waals surface area contributed by atoms with Gasteiger partial charge in [-0.25, -0.2) is 0 Å². The zero-order chi connectivity index (χ0) is 19.9. The molecule has 3 rings (SSSR count). The molecule has 0 bridgehead atoms. The standard InChI is InChI=1S/C14H11F7O4S/c1-11(2)10-8(24-10)7-6(25-11)4-3-5(9(7)26(22)23)12(15,16)13(17,18)14(19,20)21/h3-4,7-8,10H,1-2H3. The first-order chi connectivity index (χ1) is 11.6. The van der Waals surface area contributed by atoms with Gasteiger partial charge in [-0.3, -0.25) is 0 Å². The van der Waals surface area contributed by atoms with E-state index in [1.165, 1.54) is 0 Å². The molecule has 0 aromatic carbocycles. The summed E-state index contributed by atoms with van der Waals surface area (Å²) in [6, 6.07) is 0. The Morgan fingerprint density at radius 3 is 2.12 bits per heavy atom. The van der Waals surface area contributed by atoms with Gasteiger partial charge >= 0.3 is 18.0 Å². The predicted octanol–water partition coefficient (Wildman–Crippen LogP) is 2.89. The van der Waals surface area contributed by atoms with E-state index in [-0.39, 0.29) is 11.8 Å². The molecule has 2 fully saturated rings. The quantitative estimate of drug-likeness (QED) is 0.401. The lowest BCUT2D eigenvalue weighted by atomic mass is 9.80. The molecule has 0 saturated carbocycles. The summed E-state index contributed by atoms with van der Waals surface area (Å²) < 4.78 is 126. The van der Waals surface area contributed by atoms with Crippen LogP contribution in [0.15, 0.2) is 23.5 Å². The first-order valence-electron chi connectivity index (χ1n) is 7.18. The first-order valence-corrected chi connectivity index (χ1v) is 8.26. The van der Waals surface area contributed by atoms with E-state index >= 15 is 0 Å². The van der Waals surface area contributed by atoms with Gasteiger partial charge in [-0.2, -0.15) is 39.2 Å². The summed E-state index contributed by atoms with van der Waals surface area (Å²) in [5.41, 5.74) is -2.87. The van der Waals surface area contributed by atoms with Crippen molar-refractivity contribution < 1.29 is 48.6 Å². The molecule has 0 aromatic rings. The number of ether oxygens (including phenoxy) is 2. The smallest absolute Gasteiger partial charge is 0.460 e. The fourth-order valence-electron chi connectivity index (χ4n) is 3.16. The van der Waals surface area contributed by atoms with Gasteiger partial charge in [0, 0.05) is 5.57 Å². The third kappa shape index (κ3) is 2.48. The van der Waals surface area contributed by atoms with Gasteiger partial charge in [0.25, 0.3) is 0 Å². The lowest BCUT2D eigenvalue weighted by Crippen LogP contribution is -2.56. The minimum absolute atomic E-state index is 0.150. The summed E-state index contributed by atoms with van der Waals surface area (Å²) in [4.78, 5) is -1.29. The molecule has 12 heteroatoms. The second-order valence-electron chi connectivity index (χ2n) is 6.60. The van der Waals surface area contributed by atoms with Crippen LogP contribution in [0.2, 0.25) is 0 Å². The summed E-state index contributed by atoms with van der Waals surface area (Å²) in [6.07, 6.45) is -7.28. The maximum Gasteiger partial charge on any atom is 0.460 e. The second-order valence-corrected chi connectivity index (χ2v) is 7.51. The minimum atomic E-state index is -6.58. The Morgan fingerprint density at radius 2 is 1.62 bits per heavy atom. The summed E-state index contributed by atoms with van der Waals surface area (Å²) >= 11 is 0. The van der Waals surface area contributed by atoms with E-state index in [1.54, 1.807) is 13.8 Å². The van der Waals surface area contributed by atoms with Crippen molar-refractivity contribution in [1.82, 2.24) is 0 Å². The van der Waals surface area contributed by atoms with Gasteiger partial charge in [0.2, 0.25) is 10.3 Å². The van der Waals surface area contributed by atoms with Crippen LogP contribution < -0.4 is 0 Å². The normalized spacial score (nSPS) is 30.5. The minimum Gasteiger partial charge on any atom is -0.489 e. The lowest BCUT2D eigenvalue weighted by molar-refractivity contribution is -0.343. The van der Waals surface area contributed by atoms with Crippen LogP contribution in [0.1, 0.15) is 13.8 Å². The van der Waals surface area contributed by atoms with Crippen molar-refractivity contribution >= 4 is 15.2 Å². The van der Waals surface area contributed by atoms with Gasteiger partial charge in [0.1, 0.15) is 23.6 Å². The van der Waals surface area contributed by atoms with E-state index in [0.29, 0.717) is 0 Å². The highest BCUT2D eigenvalue weighted by Crippen LogP contribution is 2.55. The van der Waals surface area contributed by atoms with Crippen LogP contribution >= 0.6 is 0 Å². The fraction of sp³-hybridized carbons (Fsp3) is 0.643. The number of fused-ring (bicyclic) bond motifs is 3. The van der Waals surface area contributed by atoms with Crippen LogP contribution in [0, 0.1) is 5.92 Å². The number of hydrogen-bond acceptors (Lipinski definition) is 4. The molecule has 2 heterocycles. The van der Waals surface area contributed by atoms with Crippen molar-refractivity contribution in [2.45, 2.75) is 49.7 Å². The third-order valence-electron chi connectivity index (χ3n) is 4.46. The monoisotopic (exact) mass is 408 g/mol. The molecular weight excluding hydrogens is 397 g/mol. The molecule has 0 amide bonds. The lowest BCUT2D eigenvalue weighted by Gasteiger charge is -2.38. The van der Waals surface area contributed by atoms with Crippen molar-refractivity contribution in [2.75, 3.05) is 0 Å². The van der Waals surface area contributed by atoms with Crippen molar-refractivity contribution in [2.24, 2.45) is 5.92 Å². The summed E-state index contributed by atoms with van der Waals surface area (Å²) in [5.74, 6) is -13.9. The molecule has 1 aliphatic carbocycles. The zero-order valence-electron chi connectivity index (χ0n) is 13.1.